The number of para-hydroxylation sites is 2. The Morgan fingerprint density at radius 3 is 2.86 bits per heavy atom. The number of hydrogen-bond donors (Lipinski definition) is 1. The molecule has 0 aliphatic rings. The average molecular weight is 289 g/mol. The van der Waals surface area contributed by atoms with Gasteiger partial charge in [0.25, 0.3) is 5.56 Å². The number of benzene rings is 1. The van der Waals surface area contributed by atoms with Crippen molar-refractivity contribution >= 4 is 11.0 Å². The first-order chi connectivity index (χ1) is 10.2. The summed E-state index contributed by atoms with van der Waals surface area (Å²) in [6.07, 6.45) is 2.00. The van der Waals surface area contributed by atoms with Gasteiger partial charge in [0.05, 0.1) is 17.6 Å². The zero-order valence-corrected chi connectivity index (χ0v) is 12.8. The van der Waals surface area contributed by atoms with Gasteiger partial charge in [-0.05, 0) is 38.4 Å². The van der Waals surface area contributed by atoms with E-state index in [2.05, 4.69) is 10.3 Å². The first-order valence-corrected chi connectivity index (χ1v) is 7.40. The second-order valence-corrected chi connectivity index (χ2v) is 5.09. The van der Waals surface area contributed by atoms with Crippen LogP contribution in [0.2, 0.25) is 0 Å². The van der Waals surface area contributed by atoms with Crippen LogP contribution in [0.5, 0.6) is 0 Å². The number of hydrogen-bond acceptors (Lipinski definition) is 4. The van der Waals surface area contributed by atoms with Crippen molar-refractivity contribution in [1.82, 2.24) is 14.9 Å². The van der Waals surface area contributed by atoms with Crippen molar-refractivity contribution in [2.45, 2.75) is 26.3 Å². The molecule has 1 aromatic carbocycles. The Balaban J connectivity index is 1.98. The Labute approximate surface area is 125 Å². The predicted molar refractivity (Wildman–Crippen MR) is 84.7 cm³/mol. The molecule has 1 N–H and O–H groups in total. The summed E-state index contributed by atoms with van der Waals surface area (Å²) >= 11 is 0. The summed E-state index contributed by atoms with van der Waals surface area (Å²) in [5, 5.41) is 3.31. The van der Waals surface area contributed by atoms with E-state index in [1.807, 2.05) is 28.8 Å². The second-order valence-electron chi connectivity index (χ2n) is 5.09. The van der Waals surface area contributed by atoms with Gasteiger partial charge in [-0.3, -0.25) is 4.79 Å². The molecule has 0 saturated heterocycles. The van der Waals surface area contributed by atoms with Crippen molar-refractivity contribution in [3.8, 4) is 0 Å². The standard InChI is InChI=1S/C16H23N3O2/c1-13-16(20)19(11-6-5-9-17-10-12-21-2)15-8-4-3-7-14(15)18-13/h3-4,7-8,17H,5-6,9-12H2,1-2H3. The highest BCUT2D eigenvalue weighted by Gasteiger charge is 2.06. The molecule has 0 aliphatic heterocycles. The van der Waals surface area contributed by atoms with Crippen LogP contribution in [0.25, 0.3) is 11.0 Å². The molecule has 1 heterocycles. The molecule has 0 radical (unpaired) electrons. The summed E-state index contributed by atoms with van der Waals surface area (Å²) in [5.41, 5.74) is 2.38. The molecule has 0 saturated carbocycles. The quantitative estimate of drug-likeness (QED) is 0.752. The Kier molecular flexibility index (Phi) is 5.90. The SMILES string of the molecule is COCCNCCCCn1c(=O)c(C)nc2ccccc21. The van der Waals surface area contributed by atoms with E-state index >= 15 is 0 Å². The molecule has 0 unspecified atom stereocenters. The summed E-state index contributed by atoms with van der Waals surface area (Å²) in [6.45, 7) is 5.05. The van der Waals surface area contributed by atoms with Gasteiger partial charge < -0.3 is 14.6 Å². The maximum absolute atomic E-state index is 12.3. The highest BCUT2D eigenvalue weighted by atomic mass is 16.5. The summed E-state index contributed by atoms with van der Waals surface area (Å²) in [4.78, 5) is 16.6. The van der Waals surface area contributed by atoms with Crippen molar-refractivity contribution in [2.24, 2.45) is 0 Å². The van der Waals surface area contributed by atoms with Gasteiger partial charge in [0.1, 0.15) is 5.69 Å². The van der Waals surface area contributed by atoms with Crippen molar-refractivity contribution in [2.75, 3.05) is 26.8 Å². The molecular formula is C16H23N3O2. The van der Waals surface area contributed by atoms with Crippen LogP contribution in [0, 0.1) is 6.92 Å². The van der Waals surface area contributed by atoms with E-state index in [0.717, 1.165) is 50.1 Å². The normalized spacial score (nSPS) is 11.1. The Morgan fingerprint density at radius 2 is 2.05 bits per heavy atom. The predicted octanol–water partition coefficient (Wildman–Crippen LogP) is 1.72. The Hall–Kier alpha value is -1.72. The Morgan fingerprint density at radius 1 is 1.24 bits per heavy atom. The third-order valence-electron chi connectivity index (χ3n) is 3.48. The van der Waals surface area contributed by atoms with Crippen molar-refractivity contribution in [3.05, 3.63) is 40.3 Å². The fourth-order valence-corrected chi connectivity index (χ4v) is 2.36. The van der Waals surface area contributed by atoms with Crippen LogP contribution >= 0.6 is 0 Å². The summed E-state index contributed by atoms with van der Waals surface area (Å²) < 4.78 is 6.82. The molecule has 0 bridgehead atoms. The number of nitrogens with zero attached hydrogens (tertiary/aromatic N) is 2. The lowest BCUT2D eigenvalue weighted by molar-refractivity contribution is 0.199. The summed E-state index contributed by atoms with van der Waals surface area (Å²) in [5.74, 6) is 0. The topological polar surface area (TPSA) is 56.1 Å². The third-order valence-corrected chi connectivity index (χ3v) is 3.48. The maximum atomic E-state index is 12.3. The summed E-state index contributed by atoms with van der Waals surface area (Å²) in [6, 6.07) is 7.80. The van der Waals surface area contributed by atoms with Crippen molar-refractivity contribution in [1.29, 1.82) is 0 Å². The first-order valence-electron chi connectivity index (χ1n) is 7.40. The molecule has 0 atom stereocenters. The van der Waals surface area contributed by atoms with Crippen LogP contribution in [0.4, 0.5) is 0 Å². The second kappa shape index (κ2) is 7.90. The molecule has 5 nitrogen and oxygen atoms in total. The van der Waals surface area contributed by atoms with Gasteiger partial charge in [0, 0.05) is 20.2 Å². The van der Waals surface area contributed by atoms with E-state index in [1.54, 1.807) is 14.0 Å². The van der Waals surface area contributed by atoms with Gasteiger partial charge in [-0.25, -0.2) is 4.98 Å². The van der Waals surface area contributed by atoms with Crippen LogP contribution in [-0.4, -0.2) is 36.4 Å². The van der Waals surface area contributed by atoms with Crippen LogP contribution in [-0.2, 0) is 11.3 Å². The number of fused-ring (bicyclic) bond motifs is 1. The minimum Gasteiger partial charge on any atom is -0.383 e. The summed E-state index contributed by atoms with van der Waals surface area (Å²) in [7, 11) is 1.70. The largest absolute Gasteiger partial charge is 0.383 e. The number of methoxy groups -OCH3 is 1. The minimum atomic E-state index is 0.0149. The number of nitrogens with one attached hydrogen (secondary N) is 1. The van der Waals surface area contributed by atoms with E-state index < -0.39 is 0 Å². The van der Waals surface area contributed by atoms with E-state index in [1.165, 1.54) is 0 Å². The minimum absolute atomic E-state index is 0.0149. The zero-order valence-electron chi connectivity index (χ0n) is 12.8. The number of ether oxygens (including phenoxy) is 1. The molecule has 0 amide bonds. The zero-order chi connectivity index (χ0) is 15.1. The van der Waals surface area contributed by atoms with Gasteiger partial charge in [-0.2, -0.15) is 0 Å². The highest BCUT2D eigenvalue weighted by Crippen LogP contribution is 2.10. The van der Waals surface area contributed by atoms with Crippen LogP contribution < -0.4 is 10.9 Å². The van der Waals surface area contributed by atoms with E-state index in [4.69, 9.17) is 4.74 Å². The molecule has 5 heteroatoms. The molecule has 0 fully saturated rings. The smallest absolute Gasteiger partial charge is 0.272 e. The lowest BCUT2D eigenvalue weighted by Gasteiger charge is -2.11. The van der Waals surface area contributed by atoms with Crippen molar-refractivity contribution < 1.29 is 4.74 Å². The molecule has 1 aromatic heterocycles. The Bertz CT molecular complexity index is 637. The monoisotopic (exact) mass is 289 g/mol. The van der Waals surface area contributed by atoms with Crippen LogP contribution in [0.3, 0.4) is 0 Å². The van der Waals surface area contributed by atoms with Gasteiger partial charge >= 0.3 is 0 Å². The molecule has 0 spiro atoms. The fourth-order valence-electron chi connectivity index (χ4n) is 2.36. The molecule has 2 aromatic rings. The first kappa shape index (κ1) is 15.7. The molecule has 2 rings (SSSR count). The lowest BCUT2D eigenvalue weighted by Crippen LogP contribution is -2.25. The number of rotatable bonds is 8. The lowest BCUT2D eigenvalue weighted by atomic mass is 10.2. The van der Waals surface area contributed by atoms with Gasteiger partial charge in [0.15, 0.2) is 0 Å². The van der Waals surface area contributed by atoms with Crippen LogP contribution in [0.15, 0.2) is 29.1 Å². The molecular weight excluding hydrogens is 266 g/mol. The molecule has 21 heavy (non-hydrogen) atoms. The fraction of sp³-hybridized carbons (Fsp3) is 0.500. The van der Waals surface area contributed by atoms with Gasteiger partial charge in [0.2, 0.25) is 0 Å². The van der Waals surface area contributed by atoms with Gasteiger partial charge in [-0.1, -0.05) is 12.1 Å². The van der Waals surface area contributed by atoms with E-state index in [0.29, 0.717) is 5.69 Å². The van der Waals surface area contributed by atoms with Crippen LogP contribution in [0.1, 0.15) is 18.5 Å². The number of unbranched alkanes of at least 4 members (excludes halogenated alkanes) is 1. The highest BCUT2D eigenvalue weighted by molar-refractivity contribution is 5.74. The van der Waals surface area contributed by atoms with Gasteiger partial charge in [-0.15, -0.1) is 0 Å². The molecule has 114 valence electrons. The third kappa shape index (κ3) is 4.12. The van der Waals surface area contributed by atoms with Crippen molar-refractivity contribution in [3.63, 3.8) is 0 Å². The average Bonchev–Trinajstić information content (AvgIpc) is 2.50. The molecule has 0 aliphatic carbocycles. The maximum Gasteiger partial charge on any atom is 0.272 e. The number of aryl methyl sites for hydroxylation is 2. The van der Waals surface area contributed by atoms with E-state index in [-0.39, 0.29) is 5.56 Å². The van der Waals surface area contributed by atoms with E-state index in [9.17, 15) is 4.79 Å². The number of aromatic nitrogens is 2.